The highest BCUT2D eigenvalue weighted by molar-refractivity contribution is 5.91. The summed E-state index contributed by atoms with van der Waals surface area (Å²) in [5, 5.41) is 3.95. The van der Waals surface area contributed by atoms with Crippen molar-refractivity contribution in [3.05, 3.63) is 24.3 Å². The number of fused-ring (bicyclic) bond motifs is 1. The van der Waals surface area contributed by atoms with Gasteiger partial charge in [-0.3, -0.25) is 4.79 Å². The molecule has 1 amide bonds. The van der Waals surface area contributed by atoms with Crippen LogP contribution in [0.3, 0.4) is 0 Å². The molecule has 6 heteroatoms. The van der Waals surface area contributed by atoms with Gasteiger partial charge < -0.3 is 16.0 Å². The van der Waals surface area contributed by atoms with Gasteiger partial charge in [-0.25, -0.2) is 4.98 Å². The van der Waals surface area contributed by atoms with Crippen LogP contribution in [0, 0.1) is 0 Å². The predicted octanol–water partition coefficient (Wildman–Crippen LogP) is 1.25. The van der Waals surface area contributed by atoms with Crippen molar-refractivity contribution in [2.24, 2.45) is 0 Å². The zero-order valence-corrected chi connectivity index (χ0v) is 11.2. The number of anilines is 2. The van der Waals surface area contributed by atoms with Gasteiger partial charge in [0, 0.05) is 18.5 Å². The summed E-state index contributed by atoms with van der Waals surface area (Å²) in [6, 6.07) is 7.60. The average molecular weight is 271 g/mol. The first-order valence-corrected chi connectivity index (χ1v) is 6.78. The fraction of sp³-hybridized carbons (Fsp3) is 0.357. The number of amides is 1. The maximum Gasteiger partial charge on any atom is 0.241 e. The Morgan fingerprint density at radius 3 is 2.80 bits per heavy atom. The highest BCUT2D eigenvalue weighted by atomic mass is 16.2. The number of carbonyl (C=O) groups is 1. The number of nitrogens with zero attached hydrogens (tertiary/aromatic N) is 3. The molecule has 1 aliphatic rings. The maximum atomic E-state index is 12.0. The monoisotopic (exact) mass is 271 g/mol. The Morgan fingerprint density at radius 2 is 2.00 bits per heavy atom. The molecule has 0 bridgehead atoms. The molecule has 1 aromatic heterocycles. The number of benzene rings is 1. The highest BCUT2D eigenvalue weighted by Crippen LogP contribution is 2.20. The van der Waals surface area contributed by atoms with Gasteiger partial charge in [0.2, 0.25) is 11.9 Å². The van der Waals surface area contributed by atoms with E-state index >= 15 is 0 Å². The molecule has 2 aromatic rings. The van der Waals surface area contributed by atoms with Gasteiger partial charge in [-0.05, 0) is 25.0 Å². The molecule has 0 atom stereocenters. The molecule has 104 valence electrons. The average Bonchev–Trinajstić information content (AvgIpc) is 2.98. The Hall–Kier alpha value is -2.37. The SMILES string of the molecule is Nc1nc(NCC(=O)N2CCCC2)c2ccccc2n1. The summed E-state index contributed by atoms with van der Waals surface area (Å²) in [4.78, 5) is 22.3. The van der Waals surface area contributed by atoms with Crippen LogP contribution in [-0.4, -0.2) is 40.4 Å². The van der Waals surface area contributed by atoms with E-state index in [1.165, 1.54) is 0 Å². The number of para-hydroxylation sites is 1. The second-order valence-electron chi connectivity index (χ2n) is 4.89. The van der Waals surface area contributed by atoms with Crippen molar-refractivity contribution in [3.8, 4) is 0 Å². The smallest absolute Gasteiger partial charge is 0.241 e. The summed E-state index contributed by atoms with van der Waals surface area (Å²) >= 11 is 0. The van der Waals surface area contributed by atoms with Crippen molar-refractivity contribution in [2.45, 2.75) is 12.8 Å². The molecule has 0 radical (unpaired) electrons. The van der Waals surface area contributed by atoms with Gasteiger partial charge in [-0.2, -0.15) is 4.98 Å². The molecular weight excluding hydrogens is 254 g/mol. The van der Waals surface area contributed by atoms with Crippen molar-refractivity contribution < 1.29 is 4.79 Å². The van der Waals surface area contributed by atoms with Gasteiger partial charge in [0.05, 0.1) is 12.1 Å². The molecule has 0 aliphatic carbocycles. The molecule has 0 saturated carbocycles. The van der Waals surface area contributed by atoms with Gasteiger partial charge >= 0.3 is 0 Å². The van der Waals surface area contributed by atoms with Crippen LogP contribution in [-0.2, 0) is 4.79 Å². The number of carbonyl (C=O) groups excluding carboxylic acids is 1. The Morgan fingerprint density at radius 1 is 1.25 bits per heavy atom. The third-order valence-electron chi connectivity index (χ3n) is 3.49. The molecule has 1 aliphatic heterocycles. The lowest BCUT2D eigenvalue weighted by Gasteiger charge is -2.16. The van der Waals surface area contributed by atoms with Gasteiger partial charge in [-0.1, -0.05) is 12.1 Å². The topological polar surface area (TPSA) is 84.1 Å². The molecule has 0 spiro atoms. The molecule has 6 nitrogen and oxygen atoms in total. The van der Waals surface area contributed by atoms with Crippen molar-refractivity contribution in [2.75, 3.05) is 30.7 Å². The van der Waals surface area contributed by atoms with E-state index in [1.807, 2.05) is 29.2 Å². The lowest BCUT2D eigenvalue weighted by Crippen LogP contribution is -2.33. The Balaban J connectivity index is 1.78. The zero-order valence-electron chi connectivity index (χ0n) is 11.2. The first-order valence-electron chi connectivity index (χ1n) is 6.78. The van der Waals surface area contributed by atoms with Crippen LogP contribution < -0.4 is 11.1 Å². The third-order valence-corrected chi connectivity index (χ3v) is 3.49. The van der Waals surface area contributed by atoms with Crippen LogP contribution in [0.1, 0.15) is 12.8 Å². The lowest BCUT2D eigenvalue weighted by molar-refractivity contribution is -0.128. The minimum absolute atomic E-state index is 0.101. The van der Waals surface area contributed by atoms with Crippen LogP contribution >= 0.6 is 0 Å². The number of nitrogen functional groups attached to an aromatic ring is 1. The van der Waals surface area contributed by atoms with E-state index < -0.39 is 0 Å². The Kier molecular flexibility index (Phi) is 3.37. The molecule has 3 N–H and O–H groups in total. The summed E-state index contributed by atoms with van der Waals surface area (Å²) in [5.74, 6) is 0.921. The molecule has 1 fully saturated rings. The molecule has 1 aromatic carbocycles. The first-order chi connectivity index (χ1) is 9.74. The Bertz CT molecular complexity index is 636. The van der Waals surface area contributed by atoms with E-state index in [2.05, 4.69) is 15.3 Å². The van der Waals surface area contributed by atoms with E-state index in [0.29, 0.717) is 5.82 Å². The number of likely N-dealkylation sites (tertiary alicyclic amines) is 1. The van der Waals surface area contributed by atoms with Crippen LogP contribution in [0.5, 0.6) is 0 Å². The Labute approximate surface area is 117 Å². The van der Waals surface area contributed by atoms with Crippen LogP contribution in [0.15, 0.2) is 24.3 Å². The molecule has 2 heterocycles. The minimum atomic E-state index is 0.101. The third kappa shape index (κ3) is 2.49. The number of hydrogen-bond acceptors (Lipinski definition) is 5. The number of aromatic nitrogens is 2. The summed E-state index contributed by atoms with van der Waals surface area (Å²) in [6.07, 6.45) is 2.18. The van der Waals surface area contributed by atoms with E-state index in [-0.39, 0.29) is 18.4 Å². The number of rotatable bonds is 3. The van der Waals surface area contributed by atoms with E-state index in [0.717, 1.165) is 36.8 Å². The molecule has 20 heavy (non-hydrogen) atoms. The maximum absolute atomic E-state index is 12.0. The highest BCUT2D eigenvalue weighted by Gasteiger charge is 2.17. The van der Waals surface area contributed by atoms with Gasteiger partial charge in [0.1, 0.15) is 5.82 Å². The lowest BCUT2D eigenvalue weighted by atomic mass is 10.2. The van der Waals surface area contributed by atoms with E-state index in [4.69, 9.17) is 5.73 Å². The molecule has 1 saturated heterocycles. The van der Waals surface area contributed by atoms with Crippen LogP contribution in [0.4, 0.5) is 11.8 Å². The van der Waals surface area contributed by atoms with Gasteiger partial charge in [0.25, 0.3) is 0 Å². The van der Waals surface area contributed by atoms with Crippen LogP contribution in [0.25, 0.3) is 10.9 Å². The quantitative estimate of drug-likeness (QED) is 0.877. The normalized spacial score (nSPS) is 14.7. The molecular formula is C14H17N5O. The van der Waals surface area contributed by atoms with E-state index in [1.54, 1.807) is 0 Å². The van der Waals surface area contributed by atoms with Crippen molar-refractivity contribution in [1.82, 2.24) is 14.9 Å². The summed E-state index contributed by atoms with van der Waals surface area (Å²) < 4.78 is 0. The molecule has 0 unspecified atom stereocenters. The zero-order chi connectivity index (χ0) is 13.9. The number of nitrogens with one attached hydrogen (secondary N) is 1. The van der Waals surface area contributed by atoms with E-state index in [9.17, 15) is 4.79 Å². The summed E-state index contributed by atoms with van der Waals surface area (Å²) in [5.41, 5.74) is 6.47. The summed E-state index contributed by atoms with van der Waals surface area (Å²) in [6.45, 7) is 1.95. The molecule has 3 rings (SSSR count). The second-order valence-corrected chi connectivity index (χ2v) is 4.89. The van der Waals surface area contributed by atoms with Crippen molar-refractivity contribution >= 4 is 28.6 Å². The fourth-order valence-corrected chi connectivity index (χ4v) is 2.47. The van der Waals surface area contributed by atoms with Crippen molar-refractivity contribution in [3.63, 3.8) is 0 Å². The number of nitrogens with two attached hydrogens (primary N) is 1. The minimum Gasteiger partial charge on any atom is -0.368 e. The van der Waals surface area contributed by atoms with Crippen molar-refractivity contribution in [1.29, 1.82) is 0 Å². The second kappa shape index (κ2) is 5.32. The van der Waals surface area contributed by atoms with Gasteiger partial charge in [-0.15, -0.1) is 0 Å². The summed E-state index contributed by atoms with van der Waals surface area (Å²) in [7, 11) is 0. The fourth-order valence-electron chi connectivity index (χ4n) is 2.47. The number of hydrogen-bond donors (Lipinski definition) is 2. The largest absolute Gasteiger partial charge is 0.368 e. The predicted molar refractivity (Wildman–Crippen MR) is 78.3 cm³/mol. The standard InChI is InChI=1S/C14H17N5O/c15-14-17-11-6-2-1-5-10(11)13(18-14)16-9-12(20)19-7-3-4-8-19/h1-2,5-6H,3-4,7-9H2,(H3,15,16,17,18). The first kappa shape index (κ1) is 12.7. The van der Waals surface area contributed by atoms with Crippen LogP contribution in [0.2, 0.25) is 0 Å². The van der Waals surface area contributed by atoms with Gasteiger partial charge in [0.15, 0.2) is 0 Å².